The molecule has 3 N–H and O–H groups in total. The molecule has 1 heterocycles. The zero-order valence-electron chi connectivity index (χ0n) is 12.6. The number of halogens is 1. The number of nitrogens with one attached hydrogen (secondary N) is 2. The molecule has 0 atom stereocenters. The Morgan fingerprint density at radius 3 is 2.45 bits per heavy atom. The van der Waals surface area contributed by atoms with E-state index in [4.69, 9.17) is 5.21 Å². The van der Waals surface area contributed by atoms with E-state index in [2.05, 4.69) is 20.8 Å². The first-order chi connectivity index (χ1) is 10.4. The fraction of sp³-hybridized carbons (Fsp3) is 0.500. The molecule has 0 spiro atoms. The monoisotopic (exact) mass is 322 g/mol. The second kappa shape index (κ2) is 8.15. The highest BCUT2D eigenvalue weighted by atomic mass is 35.5. The Hall–Kier alpha value is -1.59. The number of benzene rings is 1. The number of hydrogen-bond acceptors (Lipinski definition) is 5. The van der Waals surface area contributed by atoms with E-state index < -0.39 is 0 Å². The first kappa shape index (κ1) is 16.8. The number of rotatable bonds is 3. The molecule has 0 saturated heterocycles. The molecule has 22 heavy (non-hydrogen) atoms. The van der Waals surface area contributed by atoms with E-state index in [0.717, 1.165) is 16.7 Å². The molecule has 1 aliphatic carbocycles. The minimum absolute atomic E-state index is 0. The van der Waals surface area contributed by atoms with Crippen LogP contribution in [0.4, 0.5) is 11.5 Å². The van der Waals surface area contributed by atoms with Crippen LogP contribution in [0.3, 0.4) is 0 Å². The van der Waals surface area contributed by atoms with Gasteiger partial charge in [-0.1, -0.05) is 32.1 Å². The second-order valence-electron chi connectivity index (χ2n) is 5.75. The van der Waals surface area contributed by atoms with E-state index in [0.29, 0.717) is 11.7 Å². The van der Waals surface area contributed by atoms with Gasteiger partial charge in [0.2, 0.25) is 0 Å². The summed E-state index contributed by atoms with van der Waals surface area (Å²) in [6, 6.07) is 6.09. The fourth-order valence-corrected chi connectivity index (χ4v) is 3.04. The molecule has 0 radical (unpaired) electrons. The van der Waals surface area contributed by atoms with Crippen molar-refractivity contribution in [3.63, 3.8) is 0 Å². The van der Waals surface area contributed by atoms with Gasteiger partial charge in [-0.2, -0.15) is 0 Å². The highest BCUT2D eigenvalue weighted by Gasteiger charge is 2.13. The van der Waals surface area contributed by atoms with Crippen molar-refractivity contribution in [3.05, 3.63) is 24.5 Å². The van der Waals surface area contributed by atoms with Crippen LogP contribution in [0.15, 0.2) is 24.5 Å². The third-order valence-electron chi connectivity index (χ3n) is 4.21. The Bertz CT molecular complexity index is 600. The van der Waals surface area contributed by atoms with Crippen molar-refractivity contribution in [1.82, 2.24) is 9.97 Å². The van der Waals surface area contributed by atoms with Crippen molar-refractivity contribution in [3.8, 4) is 0 Å². The van der Waals surface area contributed by atoms with Crippen molar-refractivity contribution < 1.29 is 5.21 Å². The van der Waals surface area contributed by atoms with E-state index in [-0.39, 0.29) is 12.4 Å². The molecule has 1 fully saturated rings. The lowest BCUT2D eigenvalue weighted by Gasteiger charge is -2.22. The number of nitrogens with zero attached hydrogens (tertiary/aromatic N) is 2. The summed E-state index contributed by atoms with van der Waals surface area (Å²) >= 11 is 0. The van der Waals surface area contributed by atoms with Crippen LogP contribution >= 0.6 is 12.4 Å². The maximum atomic E-state index is 8.98. The summed E-state index contributed by atoms with van der Waals surface area (Å²) < 4.78 is 0. The zero-order chi connectivity index (χ0) is 14.5. The van der Waals surface area contributed by atoms with E-state index in [1.165, 1.54) is 44.9 Å². The van der Waals surface area contributed by atoms with Crippen LogP contribution in [0.2, 0.25) is 0 Å². The van der Waals surface area contributed by atoms with Gasteiger partial charge < -0.3 is 5.32 Å². The van der Waals surface area contributed by atoms with Crippen LogP contribution in [-0.4, -0.2) is 21.2 Å². The Balaban J connectivity index is 0.00000176. The largest absolute Gasteiger partial charge is 0.367 e. The summed E-state index contributed by atoms with van der Waals surface area (Å²) in [5.41, 5.74) is 3.62. The number of fused-ring (bicyclic) bond motifs is 1. The summed E-state index contributed by atoms with van der Waals surface area (Å²) in [6.45, 7) is 0. The predicted molar refractivity (Wildman–Crippen MR) is 91.9 cm³/mol. The average Bonchev–Trinajstić information content (AvgIpc) is 2.49. The topological polar surface area (TPSA) is 70.1 Å². The van der Waals surface area contributed by atoms with Gasteiger partial charge in [-0.05, 0) is 31.0 Å². The molecule has 5 nitrogen and oxygen atoms in total. The normalized spacial score (nSPS) is 16.4. The van der Waals surface area contributed by atoms with Crippen LogP contribution in [-0.2, 0) is 0 Å². The minimum Gasteiger partial charge on any atom is -0.367 e. The van der Waals surface area contributed by atoms with E-state index in [1.54, 1.807) is 6.33 Å². The third kappa shape index (κ3) is 3.99. The van der Waals surface area contributed by atoms with E-state index in [1.807, 2.05) is 18.2 Å². The highest BCUT2D eigenvalue weighted by Crippen LogP contribution is 2.25. The number of anilines is 2. The molecule has 1 aromatic carbocycles. The molecule has 1 aromatic heterocycles. The first-order valence-corrected chi connectivity index (χ1v) is 7.78. The summed E-state index contributed by atoms with van der Waals surface area (Å²) in [6.07, 6.45) is 10.6. The van der Waals surface area contributed by atoms with Gasteiger partial charge in [-0.25, -0.2) is 9.97 Å². The summed E-state index contributed by atoms with van der Waals surface area (Å²) in [5, 5.41) is 13.6. The van der Waals surface area contributed by atoms with Gasteiger partial charge in [0.05, 0.1) is 11.2 Å². The van der Waals surface area contributed by atoms with Crippen molar-refractivity contribution >= 4 is 34.8 Å². The average molecular weight is 323 g/mol. The fourth-order valence-electron chi connectivity index (χ4n) is 3.04. The van der Waals surface area contributed by atoms with E-state index >= 15 is 0 Å². The maximum Gasteiger partial charge on any atom is 0.137 e. The summed E-state index contributed by atoms with van der Waals surface area (Å²) in [7, 11) is 0. The van der Waals surface area contributed by atoms with Crippen LogP contribution in [0.25, 0.3) is 10.9 Å². The first-order valence-electron chi connectivity index (χ1n) is 7.78. The molecule has 120 valence electrons. The Morgan fingerprint density at radius 2 is 1.73 bits per heavy atom. The number of aromatic nitrogens is 2. The van der Waals surface area contributed by atoms with Gasteiger partial charge in [0, 0.05) is 11.4 Å². The van der Waals surface area contributed by atoms with Crippen molar-refractivity contribution in [2.75, 3.05) is 10.8 Å². The van der Waals surface area contributed by atoms with Gasteiger partial charge in [-0.3, -0.25) is 10.7 Å². The summed E-state index contributed by atoms with van der Waals surface area (Å²) in [5.74, 6) is 0.898. The van der Waals surface area contributed by atoms with Gasteiger partial charge >= 0.3 is 0 Å². The Kier molecular flexibility index (Phi) is 6.21. The lowest BCUT2D eigenvalue weighted by molar-refractivity contribution is 0.389. The molecule has 0 amide bonds. The number of hydrogen-bond donors (Lipinski definition) is 3. The van der Waals surface area contributed by atoms with E-state index in [9.17, 15) is 0 Å². The third-order valence-corrected chi connectivity index (χ3v) is 4.21. The molecular weight excluding hydrogens is 300 g/mol. The molecule has 1 aliphatic rings. The molecule has 3 rings (SSSR count). The molecule has 6 heteroatoms. The zero-order valence-corrected chi connectivity index (χ0v) is 13.4. The SMILES string of the molecule is Cl.ONc1ccc2c(NC3CCCCCCC3)ncnc2c1. The van der Waals surface area contributed by atoms with Gasteiger partial charge in [0.15, 0.2) is 0 Å². The van der Waals surface area contributed by atoms with Crippen molar-refractivity contribution in [1.29, 1.82) is 0 Å². The summed E-state index contributed by atoms with van der Waals surface area (Å²) in [4.78, 5) is 8.68. The standard InChI is InChI=1S/C16H22N4O.ClH/c21-20-13-8-9-14-15(10-13)17-11-18-16(14)19-12-6-4-2-1-3-5-7-12;/h8-12,20-21H,1-7H2,(H,17,18,19);1H. The van der Waals surface area contributed by atoms with Gasteiger partial charge in [0.1, 0.15) is 12.1 Å². The maximum absolute atomic E-state index is 8.98. The molecule has 0 aliphatic heterocycles. The second-order valence-corrected chi connectivity index (χ2v) is 5.75. The lowest BCUT2D eigenvalue weighted by Crippen LogP contribution is -2.21. The Morgan fingerprint density at radius 1 is 1.00 bits per heavy atom. The van der Waals surface area contributed by atoms with Crippen LogP contribution in [0, 0.1) is 0 Å². The Labute approximate surface area is 136 Å². The predicted octanol–water partition coefficient (Wildman–Crippen LogP) is 4.38. The van der Waals surface area contributed by atoms with Crippen molar-refractivity contribution in [2.45, 2.75) is 51.0 Å². The van der Waals surface area contributed by atoms with Gasteiger partial charge in [0.25, 0.3) is 0 Å². The van der Waals surface area contributed by atoms with Crippen LogP contribution in [0.1, 0.15) is 44.9 Å². The molecule has 0 unspecified atom stereocenters. The van der Waals surface area contributed by atoms with Crippen LogP contribution < -0.4 is 10.8 Å². The molecule has 0 bridgehead atoms. The lowest BCUT2D eigenvalue weighted by atomic mass is 9.96. The highest BCUT2D eigenvalue weighted by molar-refractivity contribution is 5.90. The van der Waals surface area contributed by atoms with Crippen LogP contribution in [0.5, 0.6) is 0 Å². The molecule has 2 aromatic rings. The quantitative estimate of drug-likeness (QED) is 0.732. The molecular formula is C16H23ClN4O. The van der Waals surface area contributed by atoms with Crippen molar-refractivity contribution in [2.24, 2.45) is 0 Å². The molecule has 1 saturated carbocycles. The smallest absolute Gasteiger partial charge is 0.137 e. The minimum atomic E-state index is 0. The van der Waals surface area contributed by atoms with Gasteiger partial charge in [-0.15, -0.1) is 12.4 Å².